The molecule has 0 saturated heterocycles. The number of hydrazine groups is 1. The Bertz CT molecular complexity index is 582. The summed E-state index contributed by atoms with van der Waals surface area (Å²) in [6, 6.07) is 13.2. The Morgan fingerprint density at radius 3 is 2.10 bits per heavy atom. The Morgan fingerprint density at radius 1 is 0.900 bits per heavy atom. The molecule has 2 rings (SSSR count). The minimum atomic E-state index is 0.151. The van der Waals surface area contributed by atoms with Crippen LogP contribution in [0.3, 0.4) is 0 Å². The summed E-state index contributed by atoms with van der Waals surface area (Å²) < 4.78 is 0. The summed E-state index contributed by atoms with van der Waals surface area (Å²) in [6.45, 7) is 8.59. The molecule has 0 saturated carbocycles. The van der Waals surface area contributed by atoms with Crippen LogP contribution < -0.4 is 11.3 Å². The normalized spacial score (nSPS) is 12.4. The smallest absolute Gasteiger partial charge is 0.0505 e. The second kappa shape index (κ2) is 6.21. The third-order valence-electron chi connectivity index (χ3n) is 4.10. The molecular formula is C18H24N2. The van der Waals surface area contributed by atoms with Crippen LogP contribution in [0.25, 0.3) is 0 Å². The van der Waals surface area contributed by atoms with Gasteiger partial charge in [0.1, 0.15) is 0 Å². The lowest BCUT2D eigenvalue weighted by Crippen LogP contribution is -2.30. The number of hydrogen-bond acceptors (Lipinski definition) is 2. The summed E-state index contributed by atoms with van der Waals surface area (Å²) in [6.07, 6.45) is 0.906. The monoisotopic (exact) mass is 268 g/mol. The van der Waals surface area contributed by atoms with Gasteiger partial charge in [-0.3, -0.25) is 11.3 Å². The van der Waals surface area contributed by atoms with Crippen molar-refractivity contribution in [2.24, 2.45) is 5.84 Å². The summed E-state index contributed by atoms with van der Waals surface area (Å²) in [5, 5.41) is 0. The number of hydrogen-bond donors (Lipinski definition) is 2. The van der Waals surface area contributed by atoms with Crippen molar-refractivity contribution in [2.75, 3.05) is 0 Å². The summed E-state index contributed by atoms with van der Waals surface area (Å²) in [5.74, 6) is 5.81. The lowest BCUT2D eigenvalue weighted by molar-refractivity contribution is 0.546. The third kappa shape index (κ3) is 3.09. The van der Waals surface area contributed by atoms with Crippen molar-refractivity contribution in [3.8, 4) is 0 Å². The molecule has 0 aliphatic heterocycles. The zero-order valence-electron chi connectivity index (χ0n) is 12.8. The van der Waals surface area contributed by atoms with Crippen LogP contribution in [0.15, 0.2) is 36.4 Å². The van der Waals surface area contributed by atoms with Gasteiger partial charge in [0.25, 0.3) is 0 Å². The fourth-order valence-corrected chi connectivity index (χ4v) is 2.79. The van der Waals surface area contributed by atoms with E-state index in [-0.39, 0.29) is 6.04 Å². The van der Waals surface area contributed by atoms with Gasteiger partial charge in [-0.1, -0.05) is 36.4 Å². The third-order valence-corrected chi connectivity index (χ3v) is 4.10. The van der Waals surface area contributed by atoms with E-state index >= 15 is 0 Å². The van der Waals surface area contributed by atoms with Crippen LogP contribution in [-0.4, -0.2) is 0 Å². The van der Waals surface area contributed by atoms with Crippen LogP contribution in [0, 0.1) is 27.7 Å². The maximum atomic E-state index is 5.81. The number of aryl methyl sites for hydroxylation is 4. The predicted octanol–water partition coefficient (Wildman–Crippen LogP) is 3.67. The number of benzene rings is 2. The molecule has 3 N–H and O–H groups in total. The molecule has 1 unspecified atom stereocenters. The zero-order valence-corrected chi connectivity index (χ0v) is 12.8. The molecule has 0 aliphatic rings. The minimum absolute atomic E-state index is 0.151. The molecule has 0 amide bonds. The molecule has 2 aromatic carbocycles. The Hall–Kier alpha value is -1.64. The Kier molecular flexibility index (Phi) is 4.58. The van der Waals surface area contributed by atoms with Gasteiger partial charge >= 0.3 is 0 Å². The molecule has 0 heterocycles. The van der Waals surface area contributed by atoms with Crippen molar-refractivity contribution < 1.29 is 0 Å². The molecule has 0 aromatic heterocycles. The fourth-order valence-electron chi connectivity index (χ4n) is 2.79. The minimum Gasteiger partial charge on any atom is -0.271 e. The van der Waals surface area contributed by atoms with Crippen molar-refractivity contribution in [1.82, 2.24) is 5.43 Å². The molecule has 0 fully saturated rings. The van der Waals surface area contributed by atoms with Gasteiger partial charge in [-0.05, 0) is 67.5 Å². The van der Waals surface area contributed by atoms with Crippen molar-refractivity contribution >= 4 is 0 Å². The molecule has 20 heavy (non-hydrogen) atoms. The molecule has 0 bridgehead atoms. The van der Waals surface area contributed by atoms with E-state index < -0.39 is 0 Å². The SMILES string of the molecule is Cc1ccc(CC(NN)c2c(C)cccc2C)cc1C. The molecule has 2 aromatic rings. The maximum absolute atomic E-state index is 5.81. The summed E-state index contributed by atoms with van der Waals surface area (Å²) in [5.41, 5.74) is 10.9. The van der Waals surface area contributed by atoms with Crippen LogP contribution in [-0.2, 0) is 6.42 Å². The van der Waals surface area contributed by atoms with Crippen molar-refractivity contribution in [3.63, 3.8) is 0 Å². The lowest BCUT2D eigenvalue weighted by Gasteiger charge is -2.21. The van der Waals surface area contributed by atoms with E-state index in [1.807, 2.05) is 0 Å². The average molecular weight is 268 g/mol. The highest BCUT2D eigenvalue weighted by Gasteiger charge is 2.15. The first kappa shape index (κ1) is 14.8. The van der Waals surface area contributed by atoms with Gasteiger partial charge in [0, 0.05) is 0 Å². The van der Waals surface area contributed by atoms with Crippen molar-refractivity contribution in [3.05, 3.63) is 69.8 Å². The summed E-state index contributed by atoms with van der Waals surface area (Å²) in [7, 11) is 0. The summed E-state index contributed by atoms with van der Waals surface area (Å²) >= 11 is 0. The highest BCUT2D eigenvalue weighted by molar-refractivity contribution is 5.38. The van der Waals surface area contributed by atoms with Crippen molar-refractivity contribution in [1.29, 1.82) is 0 Å². The molecular weight excluding hydrogens is 244 g/mol. The lowest BCUT2D eigenvalue weighted by atomic mass is 9.91. The zero-order chi connectivity index (χ0) is 14.7. The van der Waals surface area contributed by atoms with Gasteiger partial charge in [-0.15, -0.1) is 0 Å². The molecule has 0 radical (unpaired) electrons. The second-order valence-electron chi connectivity index (χ2n) is 5.65. The van der Waals surface area contributed by atoms with E-state index in [1.54, 1.807) is 0 Å². The first-order valence-corrected chi connectivity index (χ1v) is 7.11. The maximum Gasteiger partial charge on any atom is 0.0505 e. The van der Waals surface area contributed by atoms with E-state index in [0.717, 1.165) is 6.42 Å². The van der Waals surface area contributed by atoms with E-state index in [1.165, 1.54) is 33.4 Å². The molecule has 1 atom stereocenters. The van der Waals surface area contributed by atoms with Crippen LogP contribution in [0.1, 0.15) is 39.4 Å². The standard InChI is InChI=1S/C18H24N2/c1-12-8-9-16(10-15(12)4)11-17(20-19)18-13(2)6-5-7-14(18)3/h5-10,17,20H,11,19H2,1-4H3. The molecule has 2 nitrogen and oxygen atoms in total. The van der Waals surface area contributed by atoms with Gasteiger partial charge in [0.05, 0.1) is 6.04 Å². The molecule has 0 aliphatic carbocycles. The topological polar surface area (TPSA) is 38.0 Å². The van der Waals surface area contributed by atoms with Crippen LogP contribution in [0.5, 0.6) is 0 Å². The molecule has 106 valence electrons. The van der Waals surface area contributed by atoms with Gasteiger partial charge in [-0.2, -0.15) is 0 Å². The van der Waals surface area contributed by atoms with Crippen LogP contribution in [0.2, 0.25) is 0 Å². The highest BCUT2D eigenvalue weighted by atomic mass is 15.2. The largest absolute Gasteiger partial charge is 0.271 e. The van der Waals surface area contributed by atoms with E-state index in [0.29, 0.717) is 0 Å². The van der Waals surface area contributed by atoms with E-state index in [9.17, 15) is 0 Å². The van der Waals surface area contributed by atoms with Crippen molar-refractivity contribution in [2.45, 2.75) is 40.2 Å². The Balaban J connectivity index is 2.31. The quantitative estimate of drug-likeness (QED) is 0.656. The molecule has 0 spiro atoms. The first-order valence-electron chi connectivity index (χ1n) is 7.11. The number of nitrogens with one attached hydrogen (secondary N) is 1. The van der Waals surface area contributed by atoms with E-state index in [4.69, 9.17) is 5.84 Å². The number of rotatable bonds is 4. The van der Waals surface area contributed by atoms with Gasteiger partial charge in [0.2, 0.25) is 0 Å². The highest BCUT2D eigenvalue weighted by Crippen LogP contribution is 2.25. The Morgan fingerprint density at radius 2 is 1.55 bits per heavy atom. The van der Waals surface area contributed by atoms with Gasteiger partial charge < -0.3 is 0 Å². The van der Waals surface area contributed by atoms with Crippen LogP contribution in [0.4, 0.5) is 0 Å². The fraction of sp³-hybridized carbons (Fsp3) is 0.333. The van der Waals surface area contributed by atoms with Gasteiger partial charge in [0.15, 0.2) is 0 Å². The average Bonchev–Trinajstić information content (AvgIpc) is 2.41. The number of nitrogens with two attached hydrogens (primary N) is 1. The Labute approximate surface area is 122 Å². The van der Waals surface area contributed by atoms with E-state index in [2.05, 4.69) is 69.5 Å². The summed E-state index contributed by atoms with van der Waals surface area (Å²) in [4.78, 5) is 0. The van der Waals surface area contributed by atoms with Crippen LogP contribution >= 0.6 is 0 Å². The predicted molar refractivity (Wildman–Crippen MR) is 85.6 cm³/mol. The van der Waals surface area contributed by atoms with Gasteiger partial charge in [-0.25, -0.2) is 0 Å². The second-order valence-corrected chi connectivity index (χ2v) is 5.65. The first-order chi connectivity index (χ1) is 9.52. The molecule has 2 heteroatoms.